The summed E-state index contributed by atoms with van der Waals surface area (Å²) in [6.07, 6.45) is 4.74. The second-order valence-corrected chi connectivity index (χ2v) is 12.3. The van der Waals surface area contributed by atoms with E-state index in [0.29, 0.717) is 12.8 Å². The second kappa shape index (κ2) is 11.1. The molecule has 0 spiro atoms. The summed E-state index contributed by atoms with van der Waals surface area (Å²) >= 11 is 0. The van der Waals surface area contributed by atoms with Gasteiger partial charge in [0.2, 0.25) is 11.7 Å². The number of ether oxygens (including phenoxy) is 1. The molecular formula is C29H37NO11. The lowest BCUT2D eigenvalue weighted by molar-refractivity contribution is -0.181. The third-order valence-electron chi connectivity index (χ3n) is 10.0. The summed E-state index contributed by atoms with van der Waals surface area (Å²) < 4.78 is 5.05. The number of fused-ring (bicyclic) bond motifs is 5. The van der Waals surface area contributed by atoms with E-state index in [0.717, 1.165) is 12.0 Å². The van der Waals surface area contributed by atoms with Crippen LogP contribution in [-0.2, 0) is 33.5 Å². The van der Waals surface area contributed by atoms with Gasteiger partial charge in [-0.25, -0.2) is 4.79 Å². The lowest BCUT2D eigenvalue weighted by atomic mass is 9.46. The van der Waals surface area contributed by atoms with Gasteiger partial charge >= 0.3 is 17.9 Å². The van der Waals surface area contributed by atoms with Crippen LogP contribution in [0.4, 0.5) is 0 Å². The number of aliphatic hydroxyl groups is 2. The quantitative estimate of drug-likeness (QED) is 0.232. The minimum absolute atomic E-state index is 0.0161. The van der Waals surface area contributed by atoms with E-state index in [1.807, 2.05) is 18.3 Å². The topological polar surface area (TPSA) is 205 Å². The van der Waals surface area contributed by atoms with Crippen molar-refractivity contribution in [2.75, 3.05) is 6.61 Å². The number of rotatable bonds is 10. The Balaban J connectivity index is 1.37. The molecule has 41 heavy (non-hydrogen) atoms. The molecule has 5 N–H and O–H groups in total. The van der Waals surface area contributed by atoms with Crippen LogP contribution in [0.15, 0.2) is 23.8 Å². The Morgan fingerprint density at radius 1 is 1.12 bits per heavy atom. The Morgan fingerprint density at radius 2 is 1.83 bits per heavy atom. The number of aliphatic hydroxyl groups excluding tert-OH is 1. The first-order chi connectivity index (χ1) is 19.1. The molecule has 12 heteroatoms. The van der Waals surface area contributed by atoms with Crippen molar-refractivity contribution >= 4 is 35.4 Å². The fourth-order valence-electron chi connectivity index (χ4n) is 7.98. The second-order valence-electron chi connectivity index (χ2n) is 12.3. The zero-order valence-corrected chi connectivity index (χ0v) is 23.1. The third kappa shape index (κ3) is 5.46. The predicted molar refractivity (Wildman–Crippen MR) is 140 cm³/mol. The normalized spacial score (nSPS) is 36.2. The molecule has 1 amide bonds. The highest BCUT2D eigenvalue weighted by molar-refractivity contribution is 6.01. The number of esters is 1. The fraction of sp³-hybridized carbons (Fsp3) is 0.655. The summed E-state index contributed by atoms with van der Waals surface area (Å²) in [4.78, 5) is 71.4. The molecular weight excluding hydrogens is 538 g/mol. The Bertz CT molecular complexity index is 1220. The van der Waals surface area contributed by atoms with Gasteiger partial charge in [0.1, 0.15) is 11.6 Å². The van der Waals surface area contributed by atoms with Crippen LogP contribution in [0, 0.1) is 28.6 Å². The van der Waals surface area contributed by atoms with Gasteiger partial charge in [0.05, 0.1) is 18.9 Å². The number of carboxylic acids is 2. The highest BCUT2D eigenvalue weighted by Gasteiger charge is 2.68. The average Bonchev–Trinajstić information content (AvgIpc) is 3.16. The van der Waals surface area contributed by atoms with E-state index in [4.69, 9.17) is 14.9 Å². The van der Waals surface area contributed by atoms with E-state index >= 15 is 0 Å². The number of hydrogen-bond donors (Lipinski definition) is 5. The van der Waals surface area contributed by atoms with E-state index in [1.54, 1.807) is 19.1 Å². The van der Waals surface area contributed by atoms with Crippen LogP contribution in [0.2, 0.25) is 0 Å². The smallest absolute Gasteiger partial charge is 0.326 e. The average molecular weight is 576 g/mol. The SMILES string of the molecule is C[C@]12C=CC(=O)C=C1CC[C@@H]1[C@H]2[C@H](O)C[C@@]2(C)[C@H]1CC[C@]2(O)C(=O)COC(=O)CCC(=O)N[C@@H](CC(=O)O)C(=O)O. The first kappa shape index (κ1) is 30.6. The third-order valence-corrected chi connectivity index (χ3v) is 10.0. The predicted octanol–water partition coefficient (Wildman–Crippen LogP) is 0.933. The lowest BCUT2D eigenvalue weighted by Gasteiger charge is -2.59. The minimum atomic E-state index is -1.83. The first-order valence-corrected chi connectivity index (χ1v) is 13.9. The molecule has 0 saturated heterocycles. The van der Waals surface area contributed by atoms with Crippen molar-refractivity contribution in [2.45, 2.75) is 83.0 Å². The molecule has 0 unspecified atom stereocenters. The van der Waals surface area contributed by atoms with Crippen LogP contribution in [0.3, 0.4) is 0 Å². The monoisotopic (exact) mass is 575 g/mol. The molecule has 0 bridgehead atoms. The van der Waals surface area contributed by atoms with Gasteiger partial charge in [0, 0.05) is 23.2 Å². The van der Waals surface area contributed by atoms with Gasteiger partial charge in [0.15, 0.2) is 12.4 Å². The lowest BCUT2D eigenvalue weighted by Crippen LogP contribution is -2.61. The molecule has 0 aromatic carbocycles. The van der Waals surface area contributed by atoms with Crippen LogP contribution in [-0.4, -0.2) is 80.2 Å². The van der Waals surface area contributed by atoms with Crippen molar-refractivity contribution in [3.05, 3.63) is 23.8 Å². The Labute approximate surface area is 236 Å². The van der Waals surface area contributed by atoms with Crippen molar-refractivity contribution in [1.29, 1.82) is 0 Å². The highest BCUT2D eigenvalue weighted by Crippen LogP contribution is 2.67. The number of carbonyl (C=O) groups is 6. The number of hydrogen-bond acceptors (Lipinski definition) is 9. The van der Waals surface area contributed by atoms with Gasteiger partial charge in [-0.3, -0.25) is 24.0 Å². The van der Waals surface area contributed by atoms with Crippen molar-refractivity contribution in [3.63, 3.8) is 0 Å². The van der Waals surface area contributed by atoms with Gasteiger partial charge in [0.25, 0.3) is 0 Å². The summed E-state index contributed by atoms with van der Waals surface area (Å²) in [5, 5.41) is 42.9. The molecule has 4 aliphatic carbocycles. The largest absolute Gasteiger partial charge is 0.481 e. The van der Waals surface area contributed by atoms with Crippen molar-refractivity contribution < 1.29 is 53.9 Å². The van der Waals surface area contributed by atoms with Crippen molar-refractivity contribution in [3.8, 4) is 0 Å². The summed E-state index contributed by atoms with van der Waals surface area (Å²) in [5.41, 5.74) is -2.28. The summed E-state index contributed by atoms with van der Waals surface area (Å²) in [5.74, 6) is -5.70. The van der Waals surface area contributed by atoms with Crippen molar-refractivity contribution in [1.82, 2.24) is 5.32 Å². The Morgan fingerprint density at radius 3 is 2.49 bits per heavy atom. The highest BCUT2D eigenvalue weighted by atomic mass is 16.5. The molecule has 3 fully saturated rings. The number of aliphatic carboxylic acids is 2. The Hall–Kier alpha value is -3.38. The van der Waals surface area contributed by atoms with Gasteiger partial charge in [-0.2, -0.15) is 0 Å². The van der Waals surface area contributed by atoms with Crippen LogP contribution in [0.5, 0.6) is 0 Å². The Kier molecular flexibility index (Phi) is 8.30. The molecule has 0 aromatic heterocycles. The molecule has 0 radical (unpaired) electrons. The maximum atomic E-state index is 13.3. The summed E-state index contributed by atoms with van der Waals surface area (Å²) in [6, 6.07) is -1.65. The standard InChI is InChI=1S/C29H37NO11/c1-27-9-7-16(31)11-15(27)3-4-17-18-8-10-29(40,28(18,2)13-20(32)25(17)27)21(33)14-41-24(37)6-5-22(34)30-19(26(38)39)12-23(35)36/h7,9,11,17-20,25,32,40H,3-6,8,10,12-14H2,1-2H3,(H,30,34)(H,35,36)(H,38,39)/t17-,18-,19-,20+,25-,27-,28-,29-/m0/s1. The van der Waals surface area contributed by atoms with E-state index in [1.165, 1.54) is 0 Å². The van der Waals surface area contributed by atoms with E-state index < -0.39 is 84.0 Å². The molecule has 0 aliphatic heterocycles. The number of carboxylic acid groups (broad SMARTS) is 2. The molecule has 3 saturated carbocycles. The fourth-order valence-corrected chi connectivity index (χ4v) is 7.98. The molecule has 4 rings (SSSR count). The van der Waals surface area contributed by atoms with Crippen molar-refractivity contribution in [2.24, 2.45) is 28.6 Å². The van der Waals surface area contributed by atoms with Crippen LogP contribution >= 0.6 is 0 Å². The maximum Gasteiger partial charge on any atom is 0.326 e. The van der Waals surface area contributed by atoms with Gasteiger partial charge in [-0.05, 0) is 56.1 Å². The summed E-state index contributed by atoms with van der Waals surface area (Å²) in [6.45, 7) is 3.11. The molecule has 0 heterocycles. The van der Waals surface area contributed by atoms with Gasteiger partial charge in [-0.1, -0.05) is 25.5 Å². The number of Topliss-reactive ketones (excluding diaryl/α,β-unsaturated/α-hetero) is 1. The van der Waals surface area contributed by atoms with Gasteiger partial charge in [-0.15, -0.1) is 0 Å². The zero-order valence-electron chi connectivity index (χ0n) is 23.1. The number of nitrogens with one attached hydrogen (secondary N) is 1. The number of ketones is 2. The van der Waals surface area contributed by atoms with E-state index in [-0.39, 0.29) is 36.4 Å². The molecule has 12 nitrogen and oxygen atoms in total. The summed E-state index contributed by atoms with van der Waals surface area (Å²) in [7, 11) is 0. The number of amides is 1. The van der Waals surface area contributed by atoms with Crippen LogP contribution in [0.1, 0.15) is 65.2 Å². The van der Waals surface area contributed by atoms with Gasteiger partial charge < -0.3 is 30.5 Å². The zero-order chi connectivity index (χ0) is 30.3. The maximum absolute atomic E-state index is 13.3. The minimum Gasteiger partial charge on any atom is -0.481 e. The molecule has 0 aromatic rings. The van der Waals surface area contributed by atoms with Crippen LogP contribution in [0.25, 0.3) is 0 Å². The van der Waals surface area contributed by atoms with E-state index in [9.17, 15) is 39.0 Å². The number of carbonyl (C=O) groups excluding carboxylic acids is 4. The molecule has 4 aliphatic rings. The number of allylic oxidation sites excluding steroid dienone is 4. The van der Waals surface area contributed by atoms with E-state index in [2.05, 4.69) is 0 Å². The van der Waals surface area contributed by atoms with Crippen LogP contribution < -0.4 is 5.32 Å². The molecule has 8 atom stereocenters. The molecule has 224 valence electrons. The first-order valence-electron chi connectivity index (χ1n) is 13.9.